The van der Waals surface area contributed by atoms with E-state index in [1.165, 1.54) is 44.1 Å². The summed E-state index contributed by atoms with van der Waals surface area (Å²) in [5, 5.41) is 11.4. The Labute approximate surface area is 261 Å². The van der Waals surface area contributed by atoms with Crippen LogP contribution < -0.4 is 29.1 Å². The predicted molar refractivity (Wildman–Crippen MR) is 167 cm³/mol. The van der Waals surface area contributed by atoms with Crippen molar-refractivity contribution in [3.8, 4) is 28.6 Å². The second kappa shape index (κ2) is 13.2. The number of benzene rings is 2. The van der Waals surface area contributed by atoms with Crippen molar-refractivity contribution in [1.29, 1.82) is 0 Å². The molecule has 1 aliphatic rings. The lowest BCUT2D eigenvalue weighted by molar-refractivity contribution is -0.384. The zero-order valence-corrected chi connectivity index (χ0v) is 26.1. The average Bonchev–Trinajstić information content (AvgIpc) is 3.63. The zero-order valence-electron chi connectivity index (χ0n) is 25.3. The third-order valence-electron chi connectivity index (χ3n) is 7.18. The van der Waals surface area contributed by atoms with E-state index in [1.54, 1.807) is 43.3 Å². The minimum atomic E-state index is -0.907. The van der Waals surface area contributed by atoms with Crippen LogP contribution in [0.1, 0.15) is 44.1 Å². The normalized spacial score (nSPS) is 14.5. The highest BCUT2D eigenvalue weighted by Gasteiger charge is 2.36. The molecule has 0 saturated heterocycles. The van der Waals surface area contributed by atoms with Crippen molar-refractivity contribution >= 4 is 29.1 Å². The minimum absolute atomic E-state index is 0.120. The number of hydrogen-bond acceptors (Lipinski definition) is 11. The lowest BCUT2D eigenvalue weighted by atomic mass is 9.93. The van der Waals surface area contributed by atoms with Gasteiger partial charge in [-0.2, -0.15) is 0 Å². The first-order valence-corrected chi connectivity index (χ1v) is 14.9. The number of methoxy groups -OCH3 is 3. The van der Waals surface area contributed by atoms with Gasteiger partial charge in [0.15, 0.2) is 4.80 Å². The van der Waals surface area contributed by atoms with Crippen molar-refractivity contribution in [3.05, 3.63) is 101 Å². The molecule has 12 nitrogen and oxygen atoms in total. The molecule has 4 aromatic rings. The highest BCUT2D eigenvalue weighted by atomic mass is 32.1. The Balaban J connectivity index is 1.71. The van der Waals surface area contributed by atoms with Crippen LogP contribution in [0.2, 0.25) is 0 Å². The second-order valence-corrected chi connectivity index (χ2v) is 10.9. The summed E-state index contributed by atoms with van der Waals surface area (Å²) in [5.74, 6) is 1.45. The lowest BCUT2D eigenvalue weighted by Crippen LogP contribution is -2.40. The highest BCUT2D eigenvalue weighted by molar-refractivity contribution is 7.07. The smallest absolute Gasteiger partial charge is 0.338 e. The number of aromatic nitrogens is 1. The summed E-state index contributed by atoms with van der Waals surface area (Å²) in [4.78, 5) is 43.7. The number of carbonyl (C=O) groups excluding carboxylic acids is 1. The minimum Gasteiger partial charge on any atom is -0.497 e. The molecule has 5 rings (SSSR count). The first-order chi connectivity index (χ1) is 21.7. The van der Waals surface area contributed by atoms with Gasteiger partial charge in [-0.3, -0.25) is 19.5 Å². The number of fused-ring (bicyclic) bond motifs is 1. The molecule has 1 aliphatic heterocycles. The number of esters is 1. The fourth-order valence-electron chi connectivity index (χ4n) is 5.17. The summed E-state index contributed by atoms with van der Waals surface area (Å²) in [6, 6.07) is 11.8. The maximum Gasteiger partial charge on any atom is 0.338 e. The Hall–Kier alpha value is -5.17. The summed E-state index contributed by atoms with van der Waals surface area (Å²) < 4.78 is 29.8. The molecular formula is C32H31N3O9S. The van der Waals surface area contributed by atoms with Crippen molar-refractivity contribution in [3.63, 3.8) is 0 Å². The summed E-state index contributed by atoms with van der Waals surface area (Å²) in [7, 11) is 4.50. The van der Waals surface area contributed by atoms with Crippen molar-refractivity contribution < 1.29 is 33.1 Å². The van der Waals surface area contributed by atoms with Crippen LogP contribution in [0, 0.1) is 10.1 Å². The van der Waals surface area contributed by atoms with Gasteiger partial charge in [0.25, 0.3) is 11.2 Å². The van der Waals surface area contributed by atoms with E-state index >= 15 is 0 Å². The van der Waals surface area contributed by atoms with E-state index in [0.717, 1.165) is 11.3 Å². The van der Waals surface area contributed by atoms with E-state index in [0.29, 0.717) is 67.8 Å². The van der Waals surface area contributed by atoms with Gasteiger partial charge in [0.1, 0.15) is 34.8 Å². The van der Waals surface area contributed by atoms with Crippen molar-refractivity contribution in [2.24, 2.45) is 4.99 Å². The molecule has 45 heavy (non-hydrogen) atoms. The zero-order chi connectivity index (χ0) is 32.2. The Kier molecular flexibility index (Phi) is 9.18. The largest absolute Gasteiger partial charge is 0.497 e. The summed E-state index contributed by atoms with van der Waals surface area (Å²) >= 11 is 1.15. The van der Waals surface area contributed by atoms with Crippen LogP contribution in [0.15, 0.2) is 74.0 Å². The number of allylic oxidation sites excluding steroid dienone is 1. The van der Waals surface area contributed by atoms with Gasteiger partial charge in [-0.1, -0.05) is 24.7 Å². The number of nitrogens with zero attached hydrogens (tertiary/aromatic N) is 3. The molecule has 0 bridgehead atoms. The van der Waals surface area contributed by atoms with Gasteiger partial charge in [0.05, 0.1) is 54.2 Å². The number of nitro groups is 1. The molecule has 13 heteroatoms. The molecule has 0 fully saturated rings. The summed E-state index contributed by atoms with van der Waals surface area (Å²) in [6.45, 7) is 3.84. The SMILES string of the molecule is CCCC1=C(C(=O)OCC)[C@H](c2cc(OC)ccc2OC)n2c(s/c(=C\c3ccc(-c4cc([N+](=O)[O-])ccc4OC)o3)c2=O)=N1. The van der Waals surface area contributed by atoms with E-state index in [4.69, 9.17) is 28.4 Å². The number of thiazole rings is 1. The first kappa shape index (κ1) is 31.3. The lowest BCUT2D eigenvalue weighted by Gasteiger charge is -2.27. The number of nitro benzene ring substituents is 1. The van der Waals surface area contributed by atoms with Gasteiger partial charge in [-0.15, -0.1) is 0 Å². The number of ether oxygens (including phenoxy) is 4. The molecule has 0 aliphatic carbocycles. The van der Waals surface area contributed by atoms with Crippen LogP contribution in [-0.4, -0.2) is 43.4 Å². The third kappa shape index (κ3) is 5.98. The summed E-state index contributed by atoms with van der Waals surface area (Å²) in [6.07, 6.45) is 2.76. The highest BCUT2D eigenvalue weighted by Crippen LogP contribution is 2.39. The van der Waals surface area contributed by atoms with E-state index in [9.17, 15) is 19.7 Å². The molecule has 0 amide bonds. The number of rotatable bonds is 11. The van der Waals surface area contributed by atoms with Crippen LogP contribution in [0.5, 0.6) is 17.2 Å². The van der Waals surface area contributed by atoms with Gasteiger partial charge in [-0.05, 0) is 49.7 Å². The fourth-order valence-corrected chi connectivity index (χ4v) is 6.17. The first-order valence-electron chi connectivity index (χ1n) is 14.1. The number of furan rings is 1. The fraction of sp³-hybridized carbons (Fsp3) is 0.281. The Morgan fingerprint density at radius 3 is 2.49 bits per heavy atom. The Morgan fingerprint density at radius 2 is 1.82 bits per heavy atom. The molecule has 1 atom stereocenters. The molecule has 0 unspecified atom stereocenters. The van der Waals surface area contributed by atoms with E-state index in [2.05, 4.69) is 0 Å². The predicted octanol–water partition coefficient (Wildman–Crippen LogP) is 4.77. The van der Waals surface area contributed by atoms with Crippen LogP contribution in [-0.2, 0) is 9.53 Å². The average molecular weight is 634 g/mol. The van der Waals surface area contributed by atoms with Gasteiger partial charge in [0.2, 0.25) is 0 Å². The maximum absolute atomic E-state index is 14.1. The maximum atomic E-state index is 14.1. The van der Waals surface area contributed by atoms with Gasteiger partial charge >= 0.3 is 5.97 Å². The number of hydrogen-bond donors (Lipinski definition) is 0. The van der Waals surface area contributed by atoms with Gasteiger partial charge < -0.3 is 23.4 Å². The van der Waals surface area contributed by atoms with Gasteiger partial charge in [0, 0.05) is 23.8 Å². The van der Waals surface area contributed by atoms with Crippen LogP contribution in [0.3, 0.4) is 0 Å². The molecule has 0 radical (unpaired) electrons. The van der Waals surface area contributed by atoms with Crippen LogP contribution in [0.25, 0.3) is 17.4 Å². The monoisotopic (exact) mass is 633 g/mol. The summed E-state index contributed by atoms with van der Waals surface area (Å²) in [5.41, 5.74) is 1.18. The van der Waals surface area contributed by atoms with Gasteiger partial charge in [-0.25, -0.2) is 9.79 Å². The van der Waals surface area contributed by atoms with Crippen molar-refractivity contribution in [2.45, 2.75) is 32.7 Å². The molecule has 0 saturated carbocycles. The van der Waals surface area contributed by atoms with Crippen LogP contribution in [0.4, 0.5) is 5.69 Å². The number of non-ortho nitro benzene ring substituents is 1. The van der Waals surface area contributed by atoms with Crippen molar-refractivity contribution in [1.82, 2.24) is 4.57 Å². The molecule has 3 heterocycles. The van der Waals surface area contributed by atoms with Crippen LogP contribution >= 0.6 is 11.3 Å². The molecule has 0 N–H and O–H groups in total. The van der Waals surface area contributed by atoms with E-state index in [1.807, 2.05) is 6.92 Å². The molecule has 234 valence electrons. The number of carbonyl (C=O) groups is 1. The van der Waals surface area contributed by atoms with E-state index in [-0.39, 0.29) is 17.9 Å². The Morgan fingerprint density at radius 1 is 1.07 bits per heavy atom. The molecule has 2 aromatic heterocycles. The molecular weight excluding hydrogens is 602 g/mol. The van der Waals surface area contributed by atoms with E-state index < -0.39 is 22.5 Å². The quantitative estimate of drug-likeness (QED) is 0.130. The van der Waals surface area contributed by atoms with Crippen molar-refractivity contribution in [2.75, 3.05) is 27.9 Å². The molecule has 0 spiro atoms. The third-order valence-corrected chi connectivity index (χ3v) is 8.17. The molecule has 2 aromatic carbocycles. The standard InChI is InChI=1S/C32H31N3O9S/c1-6-8-23-28(31(37)43-7-2)29(22-16-19(40-3)10-13-25(22)42-5)34-30(36)27(45-32(34)33-23)17-20-11-14-26(44-20)21-15-18(35(38)39)9-12-24(21)41-4/h9-17,29H,6-8H2,1-5H3/b27-17-/t29-/m0/s1. The second-order valence-electron chi connectivity index (χ2n) is 9.87. The Bertz CT molecular complexity index is 1990. The topological polar surface area (TPSA) is 145 Å².